The fourth-order valence-corrected chi connectivity index (χ4v) is 1.88. The summed E-state index contributed by atoms with van der Waals surface area (Å²) in [6.45, 7) is 7.26. The van der Waals surface area contributed by atoms with Crippen LogP contribution < -0.4 is 10.6 Å². The molecule has 3 N–H and O–H groups in total. The third-order valence-electron chi connectivity index (χ3n) is 3.61. The topological polar surface area (TPSA) is 56.7 Å². The van der Waals surface area contributed by atoms with Crippen LogP contribution in [0, 0.1) is 5.82 Å². The van der Waals surface area contributed by atoms with Crippen LogP contribution in [-0.2, 0) is 6.54 Å². The van der Waals surface area contributed by atoms with Crippen molar-refractivity contribution in [2.45, 2.75) is 45.8 Å². The molecule has 0 atom stereocenters. The lowest BCUT2D eigenvalue weighted by atomic mass is 9.98. The first-order valence-electron chi connectivity index (χ1n) is 7.52. The van der Waals surface area contributed by atoms with Gasteiger partial charge < -0.3 is 15.7 Å². The zero-order valence-electron chi connectivity index (χ0n) is 13.1. The van der Waals surface area contributed by atoms with Crippen LogP contribution in [0.5, 0.6) is 0 Å². The Balaban J connectivity index is 2.68. The van der Waals surface area contributed by atoms with Gasteiger partial charge in [-0.3, -0.25) is 0 Å². The summed E-state index contributed by atoms with van der Waals surface area (Å²) in [7, 11) is 0. The van der Waals surface area contributed by atoms with Gasteiger partial charge in [-0.05, 0) is 25.8 Å². The monoisotopic (exact) mass is 295 g/mol. The van der Waals surface area contributed by atoms with Gasteiger partial charge in [0.1, 0.15) is 5.82 Å². The molecule has 0 radical (unpaired) electrons. The van der Waals surface area contributed by atoms with Crippen LogP contribution in [0.2, 0.25) is 0 Å². The van der Waals surface area contributed by atoms with Crippen LogP contribution in [0.15, 0.2) is 29.3 Å². The van der Waals surface area contributed by atoms with E-state index < -0.39 is 5.60 Å². The molecule has 0 bridgehead atoms. The van der Waals surface area contributed by atoms with Gasteiger partial charge in [-0.25, -0.2) is 9.38 Å². The molecule has 0 aliphatic heterocycles. The zero-order chi connectivity index (χ0) is 15.7. The van der Waals surface area contributed by atoms with Gasteiger partial charge in [0.15, 0.2) is 5.96 Å². The zero-order valence-corrected chi connectivity index (χ0v) is 13.1. The summed E-state index contributed by atoms with van der Waals surface area (Å²) in [6.07, 6.45) is 1.34. The number of hydrogen-bond acceptors (Lipinski definition) is 2. The lowest BCUT2D eigenvalue weighted by Crippen LogP contribution is -2.46. The van der Waals surface area contributed by atoms with Crippen molar-refractivity contribution in [3.8, 4) is 0 Å². The first kappa shape index (κ1) is 17.4. The van der Waals surface area contributed by atoms with Crippen molar-refractivity contribution < 1.29 is 9.50 Å². The highest BCUT2D eigenvalue weighted by Gasteiger charge is 2.22. The molecule has 0 fully saturated rings. The molecule has 1 aromatic carbocycles. The van der Waals surface area contributed by atoms with E-state index >= 15 is 0 Å². The molecular formula is C16H26FN3O. The largest absolute Gasteiger partial charge is 0.388 e. The van der Waals surface area contributed by atoms with Crippen LogP contribution in [-0.4, -0.2) is 29.8 Å². The van der Waals surface area contributed by atoms with Crippen molar-refractivity contribution in [1.82, 2.24) is 10.6 Å². The summed E-state index contributed by atoms with van der Waals surface area (Å²) in [6, 6.07) is 6.60. The number of nitrogens with one attached hydrogen (secondary N) is 2. The molecule has 0 saturated heterocycles. The third kappa shape index (κ3) is 5.71. The number of rotatable bonds is 7. The summed E-state index contributed by atoms with van der Waals surface area (Å²) >= 11 is 0. The maximum absolute atomic E-state index is 13.6. The summed E-state index contributed by atoms with van der Waals surface area (Å²) in [5, 5.41) is 16.5. The molecule has 5 heteroatoms. The molecule has 0 aliphatic carbocycles. The molecule has 0 amide bonds. The molecule has 118 valence electrons. The standard InChI is InChI=1S/C16H26FN3O/c1-4-16(21,5-2)12-20-15(18-6-3)19-11-13-9-7-8-10-14(13)17/h7-10,21H,4-6,11-12H2,1-3H3,(H2,18,19,20). The Morgan fingerprint density at radius 1 is 1.19 bits per heavy atom. The van der Waals surface area contributed by atoms with Crippen molar-refractivity contribution in [3.63, 3.8) is 0 Å². The van der Waals surface area contributed by atoms with Crippen molar-refractivity contribution in [2.75, 3.05) is 13.1 Å². The quantitative estimate of drug-likeness (QED) is 0.535. The Hall–Kier alpha value is -1.62. The third-order valence-corrected chi connectivity index (χ3v) is 3.61. The molecule has 1 rings (SSSR count). The molecule has 4 nitrogen and oxygen atoms in total. The van der Waals surface area contributed by atoms with Crippen molar-refractivity contribution >= 4 is 5.96 Å². The van der Waals surface area contributed by atoms with E-state index in [4.69, 9.17) is 0 Å². The Morgan fingerprint density at radius 2 is 1.86 bits per heavy atom. The summed E-state index contributed by atoms with van der Waals surface area (Å²) < 4.78 is 13.6. The number of hydrogen-bond donors (Lipinski definition) is 3. The van der Waals surface area contributed by atoms with Gasteiger partial charge in [0.2, 0.25) is 0 Å². The predicted molar refractivity (Wildman–Crippen MR) is 84.8 cm³/mol. The van der Waals surface area contributed by atoms with Gasteiger partial charge in [0, 0.05) is 18.7 Å². The van der Waals surface area contributed by atoms with Crippen LogP contribution in [0.1, 0.15) is 39.2 Å². The number of nitrogens with zero attached hydrogens (tertiary/aromatic N) is 1. The van der Waals surface area contributed by atoms with E-state index in [2.05, 4.69) is 15.6 Å². The Labute approximate surface area is 126 Å². The second kappa shape index (κ2) is 8.62. The van der Waals surface area contributed by atoms with Crippen molar-refractivity contribution in [1.29, 1.82) is 0 Å². The highest BCUT2D eigenvalue weighted by Crippen LogP contribution is 2.12. The first-order chi connectivity index (χ1) is 10.0. The maximum Gasteiger partial charge on any atom is 0.191 e. The van der Waals surface area contributed by atoms with E-state index in [1.54, 1.807) is 18.2 Å². The summed E-state index contributed by atoms with van der Waals surface area (Å²) in [4.78, 5) is 4.36. The Bertz CT molecular complexity index is 459. The van der Waals surface area contributed by atoms with Gasteiger partial charge in [-0.2, -0.15) is 0 Å². The highest BCUT2D eigenvalue weighted by molar-refractivity contribution is 5.79. The molecule has 0 aromatic heterocycles. The number of benzene rings is 1. The second-order valence-corrected chi connectivity index (χ2v) is 5.07. The van der Waals surface area contributed by atoms with E-state index in [1.807, 2.05) is 20.8 Å². The molecule has 21 heavy (non-hydrogen) atoms. The number of halogens is 1. The van der Waals surface area contributed by atoms with Crippen molar-refractivity contribution in [3.05, 3.63) is 35.6 Å². The van der Waals surface area contributed by atoms with Crippen LogP contribution in [0.3, 0.4) is 0 Å². The fourth-order valence-electron chi connectivity index (χ4n) is 1.88. The van der Waals surface area contributed by atoms with Crippen LogP contribution in [0.25, 0.3) is 0 Å². The van der Waals surface area contributed by atoms with Gasteiger partial charge in [-0.1, -0.05) is 32.0 Å². The molecule has 0 aliphatic rings. The van der Waals surface area contributed by atoms with Gasteiger partial charge in [0.25, 0.3) is 0 Å². The number of aliphatic imine (C=N–C) groups is 1. The molecule has 0 saturated carbocycles. The Kier molecular flexibility index (Phi) is 7.15. The average molecular weight is 295 g/mol. The fraction of sp³-hybridized carbons (Fsp3) is 0.562. The average Bonchev–Trinajstić information content (AvgIpc) is 2.51. The van der Waals surface area contributed by atoms with Crippen LogP contribution in [0.4, 0.5) is 4.39 Å². The summed E-state index contributed by atoms with van der Waals surface area (Å²) in [5.74, 6) is 0.330. The van der Waals surface area contributed by atoms with E-state index in [1.165, 1.54) is 6.07 Å². The lowest BCUT2D eigenvalue weighted by molar-refractivity contribution is 0.0367. The van der Waals surface area contributed by atoms with Gasteiger partial charge in [-0.15, -0.1) is 0 Å². The minimum Gasteiger partial charge on any atom is -0.388 e. The van der Waals surface area contributed by atoms with E-state index in [0.29, 0.717) is 37.5 Å². The van der Waals surface area contributed by atoms with E-state index in [-0.39, 0.29) is 12.4 Å². The molecular weight excluding hydrogens is 269 g/mol. The minimum atomic E-state index is -0.742. The second-order valence-electron chi connectivity index (χ2n) is 5.07. The normalized spacial score (nSPS) is 12.3. The van der Waals surface area contributed by atoms with Gasteiger partial charge >= 0.3 is 0 Å². The molecule has 1 aromatic rings. The van der Waals surface area contributed by atoms with Gasteiger partial charge in [0.05, 0.1) is 12.1 Å². The lowest BCUT2D eigenvalue weighted by Gasteiger charge is -2.26. The maximum atomic E-state index is 13.6. The predicted octanol–water partition coefficient (Wildman–Crippen LogP) is 2.43. The first-order valence-corrected chi connectivity index (χ1v) is 7.52. The smallest absolute Gasteiger partial charge is 0.191 e. The minimum absolute atomic E-state index is 0.254. The molecule has 0 heterocycles. The SMILES string of the molecule is CCNC(=NCc1ccccc1F)NCC(O)(CC)CC. The molecule has 0 unspecified atom stereocenters. The van der Waals surface area contributed by atoms with Crippen LogP contribution >= 0.6 is 0 Å². The van der Waals surface area contributed by atoms with Crippen molar-refractivity contribution in [2.24, 2.45) is 4.99 Å². The molecule has 0 spiro atoms. The Morgan fingerprint density at radius 3 is 2.43 bits per heavy atom. The van der Waals surface area contributed by atoms with E-state index in [9.17, 15) is 9.50 Å². The number of guanidine groups is 1. The van der Waals surface area contributed by atoms with E-state index in [0.717, 1.165) is 0 Å². The summed E-state index contributed by atoms with van der Waals surface area (Å²) in [5.41, 5.74) is -0.190. The number of aliphatic hydroxyl groups is 1. The highest BCUT2D eigenvalue weighted by atomic mass is 19.1.